The lowest BCUT2D eigenvalue weighted by Gasteiger charge is -2.13. The molecule has 48 heavy (non-hydrogen) atoms. The second-order valence-corrected chi connectivity index (χ2v) is 13.6. The van der Waals surface area contributed by atoms with E-state index in [1.54, 1.807) is 0 Å². The van der Waals surface area contributed by atoms with Gasteiger partial charge in [0.25, 0.3) is 0 Å². The third-order valence-corrected chi connectivity index (χ3v) is 9.34. The number of rotatable bonds is 27. The molecule has 0 fully saturated rings. The Morgan fingerprint density at radius 3 is 0.833 bits per heavy atom. The summed E-state index contributed by atoms with van der Waals surface area (Å²) in [5, 5.41) is 11.2. The second kappa shape index (κ2) is 24.8. The normalized spacial score (nSPS) is 11.2. The predicted molar refractivity (Wildman–Crippen MR) is 207 cm³/mol. The van der Waals surface area contributed by atoms with Crippen molar-refractivity contribution in [2.24, 2.45) is 0 Å². The third kappa shape index (κ3) is 17.2. The molecule has 0 radical (unpaired) electrons. The summed E-state index contributed by atoms with van der Waals surface area (Å²) in [4.78, 5) is 0. The maximum Gasteiger partial charge on any atom is 0.0205 e. The average Bonchev–Trinajstić information content (AvgIpc) is 3.13. The van der Waals surface area contributed by atoms with Crippen molar-refractivity contribution in [3.05, 3.63) is 143 Å². The standard InChI is InChI=1S/C45H63N3/c1(10-22-40-25-13-7-14-26-40)4-19-31-46-37-43-34-44(38-47-32-20-5-2-11-23-41-27-15-8-16-28-41)36-45(35-43)39-48-33-21-6-3-12-24-42-29-17-9-18-30-42/h7-9,13-18,25-30,34-36,46-48H,1-6,10-12,19-24,31-33,37-39H2. The highest BCUT2D eigenvalue weighted by molar-refractivity contribution is 5.30. The van der Waals surface area contributed by atoms with Gasteiger partial charge in [0.15, 0.2) is 0 Å². The molecule has 258 valence electrons. The molecule has 0 aromatic heterocycles. The van der Waals surface area contributed by atoms with Gasteiger partial charge >= 0.3 is 0 Å². The van der Waals surface area contributed by atoms with Gasteiger partial charge in [0.2, 0.25) is 0 Å². The van der Waals surface area contributed by atoms with Crippen molar-refractivity contribution in [3.8, 4) is 0 Å². The van der Waals surface area contributed by atoms with Crippen molar-refractivity contribution in [1.82, 2.24) is 16.0 Å². The minimum atomic E-state index is 0.952. The topological polar surface area (TPSA) is 36.1 Å². The van der Waals surface area contributed by atoms with Crippen LogP contribution in [0.3, 0.4) is 0 Å². The summed E-state index contributed by atoms with van der Waals surface area (Å²) in [5.74, 6) is 0. The highest BCUT2D eigenvalue weighted by atomic mass is 14.9. The second-order valence-electron chi connectivity index (χ2n) is 13.6. The summed E-state index contributed by atoms with van der Waals surface area (Å²) in [6, 6.07) is 39.9. The van der Waals surface area contributed by atoms with Gasteiger partial charge in [-0.25, -0.2) is 0 Å². The zero-order valence-electron chi connectivity index (χ0n) is 29.7. The Labute approximate surface area is 293 Å². The molecular formula is C45H63N3. The van der Waals surface area contributed by atoms with E-state index in [1.165, 1.54) is 130 Å². The van der Waals surface area contributed by atoms with Crippen LogP contribution in [0.2, 0.25) is 0 Å². The molecule has 0 spiro atoms. The van der Waals surface area contributed by atoms with Crippen LogP contribution in [0.5, 0.6) is 0 Å². The van der Waals surface area contributed by atoms with Gasteiger partial charge in [-0.05, 0) is 111 Å². The molecule has 0 aliphatic carbocycles. The van der Waals surface area contributed by atoms with E-state index in [4.69, 9.17) is 0 Å². The van der Waals surface area contributed by atoms with Gasteiger partial charge < -0.3 is 16.0 Å². The van der Waals surface area contributed by atoms with Crippen molar-refractivity contribution in [1.29, 1.82) is 0 Å². The number of hydrogen-bond acceptors (Lipinski definition) is 3. The van der Waals surface area contributed by atoms with Crippen molar-refractivity contribution in [3.63, 3.8) is 0 Å². The molecule has 0 heterocycles. The van der Waals surface area contributed by atoms with Gasteiger partial charge in [-0.1, -0.05) is 148 Å². The number of benzene rings is 4. The molecule has 0 aliphatic heterocycles. The van der Waals surface area contributed by atoms with Crippen molar-refractivity contribution >= 4 is 0 Å². The zero-order valence-corrected chi connectivity index (χ0v) is 29.7. The Kier molecular flexibility index (Phi) is 19.4. The summed E-state index contributed by atoms with van der Waals surface area (Å²) in [6.45, 7) is 6.14. The molecule has 3 N–H and O–H groups in total. The molecule has 4 rings (SSSR count). The molecule has 0 amide bonds. The van der Waals surface area contributed by atoms with Gasteiger partial charge in [-0.2, -0.15) is 0 Å². The highest BCUT2D eigenvalue weighted by Crippen LogP contribution is 2.13. The van der Waals surface area contributed by atoms with E-state index in [0.717, 1.165) is 39.3 Å². The zero-order chi connectivity index (χ0) is 33.2. The van der Waals surface area contributed by atoms with Gasteiger partial charge in [0.1, 0.15) is 0 Å². The molecule has 0 saturated carbocycles. The van der Waals surface area contributed by atoms with Gasteiger partial charge in [-0.15, -0.1) is 0 Å². The van der Waals surface area contributed by atoms with Crippen LogP contribution in [0.4, 0.5) is 0 Å². The van der Waals surface area contributed by atoms with Crippen LogP contribution >= 0.6 is 0 Å². The maximum absolute atomic E-state index is 3.74. The van der Waals surface area contributed by atoms with Crippen molar-refractivity contribution in [2.45, 2.75) is 116 Å². The van der Waals surface area contributed by atoms with Crippen molar-refractivity contribution in [2.75, 3.05) is 19.6 Å². The van der Waals surface area contributed by atoms with Crippen LogP contribution < -0.4 is 16.0 Å². The van der Waals surface area contributed by atoms with Crippen LogP contribution in [0.15, 0.2) is 109 Å². The first-order valence-electron chi connectivity index (χ1n) is 19.2. The number of nitrogens with one attached hydrogen (secondary N) is 3. The largest absolute Gasteiger partial charge is 0.313 e. The molecule has 3 heteroatoms. The molecule has 4 aromatic rings. The van der Waals surface area contributed by atoms with Gasteiger partial charge in [0, 0.05) is 19.6 Å². The summed E-state index contributed by atoms with van der Waals surface area (Å²) >= 11 is 0. The monoisotopic (exact) mass is 646 g/mol. The molecular weight excluding hydrogens is 583 g/mol. The van der Waals surface area contributed by atoms with Crippen LogP contribution in [0, 0.1) is 0 Å². The summed E-state index contributed by atoms with van der Waals surface area (Å²) in [5.41, 5.74) is 8.64. The predicted octanol–water partition coefficient (Wildman–Crippen LogP) is 10.4. The Morgan fingerprint density at radius 2 is 0.542 bits per heavy atom. The Bertz CT molecular complexity index is 1140. The first-order chi connectivity index (χ1) is 23.8. The van der Waals surface area contributed by atoms with E-state index in [-0.39, 0.29) is 0 Å². The van der Waals surface area contributed by atoms with Crippen LogP contribution in [-0.4, -0.2) is 19.6 Å². The highest BCUT2D eigenvalue weighted by Gasteiger charge is 2.04. The molecule has 3 nitrogen and oxygen atoms in total. The van der Waals surface area contributed by atoms with E-state index in [2.05, 4.69) is 125 Å². The Morgan fingerprint density at radius 1 is 0.271 bits per heavy atom. The Hall–Kier alpha value is -3.24. The quantitative estimate of drug-likeness (QED) is 0.0565. The lowest BCUT2D eigenvalue weighted by molar-refractivity contribution is 0.579. The lowest BCUT2D eigenvalue weighted by Crippen LogP contribution is -2.19. The fourth-order valence-corrected chi connectivity index (χ4v) is 6.58. The maximum atomic E-state index is 3.74. The first kappa shape index (κ1) is 37.6. The minimum Gasteiger partial charge on any atom is -0.313 e. The summed E-state index contributed by atoms with van der Waals surface area (Å²) in [6.07, 6.45) is 19.1. The van der Waals surface area contributed by atoms with E-state index < -0.39 is 0 Å². The number of unbranched alkanes of at least 4 members (excludes halogenated alkanes) is 9. The number of aryl methyl sites for hydroxylation is 3. The fourth-order valence-electron chi connectivity index (χ4n) is 6.58. The summed E-state index contributed by atoms with van der Waals surface area (Å²) < 4.78 is 0. The van der Waals surface area contributed by atoms with Crippen molar-refractivity contribution < 1.29 is 0 Å². The molecule has 0 saturated heterocycles. The average molecular weight is 646 g/mol. The van der Waals surface area contributed by atoms with Crippen LogP contribution in [0.25, 0.3) is 0 Å². The molecule has 0 atom stereocenters. The first-order valence-corrected chi connectivity index (χ1v) is 19.2. The summed E-state index contributed by atoms with van der Waals surface area (Å²) in [7, 11) is 0. The third-order valence-electron chi connectivity index (χ3n) is 9.34. The van der Waals surface area contributed by atoms with E-state index in [9.17, 15) is 0 Å². The Balaban J connectivity index is 1.11. The van der Waals surface area contributed by atoms with Gasteiger partial charge in [-0.3, -0.25) is 0 Å². The molecule has 0 aliphatic rings. The van der Waals surface area contributed by atoms with Crippen LogP contribution in [0.1, 0.15) is 110 Å². The SMILES string of the molecule is c1ccc(CCCCCCNCc2cc(CNCCCCCCc3ccccc3)cc(CNCCCCCCc3ccccc3)c2)cc1. The van der Waals surface area contributed by atoms with Gasteiger partial charge in [0.05, 0.1) is 0 Å². The smallest absolute Gasteiger partial charge is 0.0205 e. The molecule has 0 unspecified atom stereocenters. The fraction of sp³-hybridized carbons (Fsp3) is 0.467. The molecule has 0 bridgehead atoms. The lowest BCUT2D eigenvalue weighted by atomic mass is 10.0. The minimum absolute atomic E-state index is 0.952. The van der Waals surface area contributed by atoms with E-state index >= 15 is 0 Å². The van der Waals surface area contributed by atoms with Crippen LogP contribution in [-0.2, 0) is 38.9 Å². The molecule has 4 aromatic carbocycles. The number of hydrogen-bond donors (Lipinski definition) is 3. The van der Waals surface area contributed by atoms with E-state index in [1.807, 2.05) is 0 Å². The van der Waals surface area contributed by atoms with E-state index in [0.29, 0.717) is 0 Å².